The molecule has 2 rings (SSSR count). The Bertz CT molecular complexity index is 240. The minimum absolute atomic E-state index is 0.0128. The molecule has 0 aliphatic heterocycles. The molecule has 0 N–H and O–H groups in total. The Morgan fingerprint density at radius 3 is 2.00 bits per heavy atom. The molecule has 3 heteroatoms. The Morgan fingerprint density at radius 1 is 1.08 bits per heavy atom. The number of nitriles is 1. The van der Waals surface area contributed by atoms with Crippen molar-refractivity contribution >= 4 is 0 Å². The average Bonchev–Trinajstić information content (AvgIpc) is 2.85. The van der Waals surface area contributed by atoms with Gasteiger partial charge in [0, 0.05) is 12.8 Å². The van der Waals surface area contributed by atoms with Gasteiger partial charge in [-0.2, -0.15) is 5.26 Å². The molecule has 2 aliphatic rings. The van der Waals surface area contributed by atoms with Crippen LogP contribution < -0.4 is 0 Å². The summed E-state index contributed by atoms with van der Waals surface area (Å²) in [6.45, 7) is 0. The molecular formula is C10H13F2N. The fourth-order valence-electron chi connectivity index (χ4n) is 2.34. The number of hydrogen-bond donors (Lipinski definition) is 0. The Labute approximate surface area is 76.7 Å². The molecule has 0 radical (unpaired) electrons. The predicted octanol–water partition coefficient (Wildman–Crippen LogP) is 3.12. The van der Waals surface area contributed by atoms with E-state index in [4.69, 9.17) is 5.26 Å². The second-order valence-corrected chi connectivity index (χ2v) is 4.40. The molecular weight excluding hydrogens is 172 g/mol. The first-order chi connectivity index (χ1) is 6.08. The van der Waals surface area contributed by atoms with Crippen molar-refractivity contribution in [2.24, 2.45) is 11.3 Å². The van der Waals surface area contributed by atoms with Crippen LogP contribution in [0.4, 0.5) is 8.78 Å². The molecule has 0 aromatic rings. The van der Waals surface area contributed by atoms with Crippen molar-refractivity contribution in [3.05, 3.63) is 0 Å². The molecule has 0 spiro atoms. The van der Waals surface area contributed by atoms with Crippen molar-refractivity contribution in [2.45, 2.75) is 44.4 Å². The normalized spacial score (nSPS) is 30.8. The molecule has 0 aromatic carbocycles. The molecule has 2 aliphatic carbocycles. The summed E-state index contributed by atoms with van der Waals surface area (Å²) in [5.41, 5.74) is -0.198. The van der Waals surface area contributed by atoms with Gasteiger partial charge in [0.25, 0.3) is 0 Å². The molecule has 0 amide bonds. The fourth-order valence-corrected chi connectivity index (χ4v) is 2.34. The largest absolute Gasteiger partial charge is 0.248 e. The van der Waals surface area contributed by atoms with Crippen molar-refractivity contribution in [1.82, 2.24) is 0 Å². The SMILES string of the molecule is N#CC1(C2CCC(F)(F)CC2)CC1. The van der Waals surface area contributed by atoms with E-state index in [0.717, 1.165) is 12.8 Å². The van der Waals surface area contributed by atoms with E-state index in [-0.39, 0.29) is 24.2 Å². The average molecular weight is 185 g/mol. The zero-order chi connectivity index (χ0) is 9.53. The van der Waals surface area contributed by atoms with Crippen molar-refractivity contribution in [3.8, 4) is 6.07 Å². The fraction of sp³-hybridized carbons (Fsp3) is 0.900. The van der Waals surface area contributed by atoms with E-state index < -0.39 is 5.92 Å². The summed E-state index contributed by atoms with van der Waals surface area (Å²) in [7, 11) is 0. The van der Waals surface area contributed by atoms with Crippen LogP contribution >= 0.6 is 0 Å². The maximum absolute atomic E-state index is 12.8. The number of halogens is 2. The molecule has 72 valence electrons. The second-order valence-electron chi connectivity index (χ2n) is 4.40. The maximum atomic E-state index is 12.8. The Balaban J connectivity index is 1.96. The molecule has 1 nitrogen and oxygen atoms in total. The van der Waals surface area contributed by atoms with Gasteiger partial charge < -0.3 is 0 Å². The lowest BCUT2D eigenvalue weighted by molar-refractivity contribution is -0.0511. The molecule has 0 unspecified atom stereocenters. The molecule has 2 fully saturated rings. The first-order valence-corrected chi connectivity index (χ1v) is 4.87. The summed E-state index contributed by atoms with van der Waals surface area (Å²) in [5.74, 6) is -2.21. The number of rotatable bonds is 1. The third-order valence-electron chi connectivity index (χ3n) is 3.51. The third kappa shape index (κ3) is 1.54. The van der Waals surface area contributed by atoms with Crippen LogP contribution in [0.5, 0.6) is 0 Å². The molecule has 13 heavy (non-hydrogen) atoms. The van der Waals surface area contributed by atoms with Crippen molar-refractivity contribution in [3.63, 3.8) is 0 Å². The Kier molecular flexibility index (Phi) is 1.83. The molecule has 0 saturated heterocycles. The Hall–Kier alpha value is -0.650. The minimum Gasteiger partial charge on any atom is -0.207 e. The van der Waals surface area contributed by atoms with Gasteiger partial charge in [-0.3, -0.25) is 0 Å². The van der Waals surface area contributed by atoms with Gasteiger partial charge >= 0.3 is 0 Å². The highest BCUT2D eigenvalue weighted by Gasteiger charge is 2.52. The van der Waals surface area contributed by atoms with Gasteiger partial charge in [-0.15, -0.1) is 0 Å². The summed E-state index contributed by atoms with van der Waals surface area (Å²) >= 11 is 0. The summed E-state index contributed by atoms with van der Waals surface area (Å²) < 4.78 is 25.6. The van der Waals surface area contributed by atoms with Gasteiger partial charge in [0.05, 0.1) is 11.5 Å². The van der Waals surface area contributed by atoms with Gasteiger partial charge in [0.1, 0.15) is 0 Å². The van der Waals surface area contributed by atoms with E-state index in [2.05, 4.69) is 6.07 Å². The second kappa shape index (κ2) is 2.67. The highest BCUT2D eigenvalue weighted by molar-refractivity contribution is 5.13. The summed E-state index contributed by atoms with van der Waals surface area (Å²) in [4.78, 5) is 0. The van der Waals surface area contributed by atoms with Crippen LogP contribution in [0.15, 0.2) is 0 Å². The standard InChI is InChI=1S/C10H13F2N/c11-10(12)3-1-8(2-4-10)9(7-13)5-6-9/h8H,1-6H2. The quantitative estimate of drug-likeness (QED) is 0.615. The van der Waals surface area contributed by atoms with Crippen LogP contribution in [0.25, 0.3) is 0 Å². The summed E-state index contributed by atoms with van der Waals surface area (Å²) in [5, 5.41) is 8.90. The van der Waals surface area contributed by atoms with Crippen molar-refractivity contribution in [1.29, 1.82) is 5.26 Å². The number of hydrogen-bond acceptors (Lipinski definition) is 1. The summed E-state index contributed by atoms with van der Waals surface area (Å²) in [6.07, 6.45) is 2.92. The molecule has 0 atom stereocenters. The van der Waals surface area contributed by atoms with E-state index in [1.807, 2.05) is 0 Å². The van der Waals surface area contributed by atoms with Gasteiger partial charge in [0.15, 0.2) is 0 Å². The lowest BCUT2D eigenvalue weighted by Gasteiger charge is -2.30. The van der Waals surface area contributed by atoms with Gasteiger partial charge in [-0.1, -0.05) is 0 Å². The monoisotopic (exact) mass is 185 g/mol. The van der Waals surface area contributed by atoms with E-state index in [9.17, 15) is 8.78 Å². The van der Waals surface area contributed by atoms with E-state index in [0.29, 0.717) is 12.8 Å². The van der Waals surface area contributed by atoms with Crippen LogP contribution in [0, 0.1) is 22.7 Å². The van der Waals surface area contributed by atoms with Crippen LogP contribution in [0.1, 0.15) is 38.5 Å². The van der Waals surface area contributed by atoms with Crippen LogP contribution in [0.2, 0.25) is 0 Å². The van der Waals surface area contributed by atoms with Crippen LogP contribution in [-0.4, -0.2) is 5.92 Å². The topological polar surface area (TPSA) is 23.8 Å². The smallest absolute Gasteiger partial charge is 0.207 e. The highest BCUT2D eigenvalue weighted by atomic mass is 19.3. The molecule has 0 bridgehead atoms. The zero-order valence-electron chi connectivity index (χ0n) is 7.52. The minimum atomic E-state index is -2.46. The maximum Gasteiger partial charge on any atom is 0.248 e. The number of nitrogens with zero attached hydrogens (tertiary/aromatic N) is 1. The van der Waals surface area contributed by atoms with Crippen LogP contribution in [0.3, 0.4) is 0 Å². The Morgan fingerprint density at radius 2 is 1.62 bits per heavy atom. The lowest BCUT2D eigenvalue weighted by atomic mass is 9.77. The third-order valence-corrected chi connectivity index (χ3v) is 3.51. The summed E-state index contributed by atoms with van der Waals surface area (Å²) in [6, 6.07) is 2.30. The van der Waals surface area contributed by atoms with Gasteiger partial charge in [-0.25, -0.2) is 8.78 Å². The lowest BCUT2D eigenvalue weighted by Crippen LogP contribution is -2.28. The van der Waals surface area contributed by atoms with Crippen molar-refractivity contribution in [2.75, 3.05) is 0 Å². The van der Waals surface area contributed by atoms with Crippen LogP contribution in [-0.2, 0) is 0 Å². The molecule has 2 saturated carbocycles. The highest BCUT2D eigenvalue weighted by Crippen LogP contribution is 2.57. The van der Waals surface area contributed by atoms with Crippen molar-refractivity contribution < 1.29 is 8.78 Å². The van der Waals surface area contributed by atoms with E-state index in [1.165, 1.54) is 0 Å². The van der Waals surface area contributed by atoms with E-state index in [1.54, 1.807) is 0 Å². The predicted molar refractivity (Wildman–Crippen MR) is 44.2 cm³/mol. The van der Waals surface area contributed by atoms with Gasteiger partial charge in [0.2, 0.25) is 5.92 Å². The first kappa shape index (κ1) is 8.93. The molecule has 0 heterocycles. The van der Waals surface area contributed by atoms with Gasteiger partial charge in [-0.05, 0) is 31.6 Å². The zero-order valence-corrected chi connectivity index (χ0v) is 7.52. The first-order valence-electron chi connectivity index (χ1n) is 4.87. The van der Waals surface area contributed by atoms with E-state index >= 15 is 0 Å². The molecule has 0 aromatic heterocycles. The number of alkyl halides is 2.